The average molecular weight is 430 g/mol. The number of hydrogen-bond donors (Lipinski definition) is 2. The molecule has 0 aromatic heterocycles. The van der Waals surface area contributed by atoms with Crippen molar-refractivity contribution in [1.29, 1.82) is 0 Å². The highest BCUT2D eigenvalue weighted by Crippen LogP contribution is 2.19. The van der Waals surface area contributed by atoms with Crippen LogP contribution in [0.2, 0.25) is 5.02 Å². The molecule has 2 aromatic carbocycles. The summed E-state index contributed by atoms with van der Waals surface area (Å²) in [5.74, 6) is 0.685. The molecule has 2 aromatic rings. The quantitative estimate of drug-likeness (QED) is 0.650. The second-order valence-electron chi connectivity index (χ2n) is 7.79. The summed E-state index contributed by atoms with van der Waals surface area (Å²) in [6, 6.07) is 14.3. The van der Waals surface area contributed by atoms with E-state index in [9.17, 15) is 9.59 Å². The summed E-state index contributed by atoms with van der Waals surface area (Å²) >= 11 is 5.84. The largest absolute Gasteiger partial charge is 0.444 e. The highest BCUT2D eigenvalue weighted by Gasteiger charge is 2.21. The van der Waals surface area contributed by atoms with Crippen LogP contribution in [0.5, 0.6) is 0 Å². The van der Waals surface area contributed by atoms with Crippen LogP contribution < -0.4 is 10.6 Å². The Morgan fingerprint density at radius 2 is 1.73 bits per heavy atom. The Kier molecular flexibility index (Phi) is 7.57. The van der Waals surface area contributed by atoms with Crippen molar-refractivity contribution in [1.82, 2.24) is 10.2 Å². The first-order valence-electron chi connectivity index (χ1n) is 10.2. The van der Waals surface area contributed by atoms with E-state index < -0.39 is 6.09 Å². The molecule has 30 heavy (non-hydrogen) atoms. The van der Waals surface area contributed by atoms with Crippen molar-refractivity contribution in [3.8, 4) is 0 Å². The lowest BCUT2D eigenvalue weighted by Crippen LogP contribution is -2.44. The van der Waals surface area contributed by atoms with Crippen LogP contribution in [0.4, 0.5) is 15.3 Å². The third-order valence-corrected chi connectivity index (χ3v) is 5.60. The van der Waals surface area contributed by atoms with Crippen molar-refractivity contribution in [2.45, 2.75) is 39.3 Å². The van der Waals surface area contributed by atoms with E-state index in [1.807, 2.05) is 36.1 Å². The number of carbonyl (C=O) groups is 2. The van der Waals surface area contributed by atoms with Gasteiger partial charge in [0, 0.05) is 23.8 Å². The molecule has 0 spiro atoms. The zero-order valence-corrected chi connectivity index (χ0v) is 18.1. The highest BCUT2D eigenvalue weighted by atomic mass is 35.5. The Labute approximate surface area is 182 Å². The molecule has 1 aliphatic rings. The second kappa shape index (κ2) is 10.3. The van der Waals surface area contributed by atoms with Crippen molar-refractivity contribution in [2.24, 2.45) is 5.92 Å². The Hall–Kier alpha value is -2.73. The zero-order valence-electron chi connectivity index (χ0n) is 17.4. The van der Waals surface area contributed by atoms with E-state index in [0.29, 0.717) is 16.6 Å². The van der Waals surface area contributed by atoms with Gasteiger partial charge in [-0.25, -0.2) is 9.59 Å². The lowest BCUT2D eigenvalue weighted by Gasteiger charge is -2.31. The van der Waals surface area contributed by atoms with Gasteiger partial charge in [-0.2, -0.15) is 0 Å². The average Bonchev–Trinajstić information content (AvgIpc) is 2.74. The molecule has 0 unspecified atom stereocenters. The number of benzene rings is 2. The number of carbonyl (C=O) groups excluding carboxylic acids is 2. The fraction of sp³-hybridized carbons (Fsp3) is 0.391. The third kappa shape index (κ3) is 6.39. The third-order valence-electron chi connectivity index (χ3n) is 5.35. The fourth-order valence-corrected chi connectivity index (χ4v) is 3.44. The van der Waals surface area contributed by atoms with Gasteiger partial charge < -0.3 is 15.0 Å². The molecular formula is C23H28ClN3O3. The molecule has 1 atom stereocenters. The van der Waals surface area contributed by atoms with E-state index in [0.717, 1.165) is 37.1 Å². The van der Waals surface area contributed by atoms with Gasteiger partial charge in [0.15, 0.2) is 0 Å². The molecule has 0 saturated carbocycles. The summed E-state index contributed by atoms with van der Waals surface area (Å²) in [7, 11) is 0. The Bertz CT molecular complexity index is 847. The maximum Gasteiger partial charge on any atom is 0.411 e. The monoisotopic (exact) mass is 429 g/mol. The van der Waals surface area contributed by atoms with E-state index in [4.69, 9.17) is 16.3 Å². The molecule has 1 saturated heterocycles. The van der Waals surface area contributed by atoms with Crippen LogP contribution in [0.25, 0.3) is 0 Å². The van der Waals surface area contributed by atoms with Crippen LogP contribution in [-0.4, -0.2) is 30.1 Å². The number of nitrogens with one attached hydrogen (secondary N) is 2. The van der Waals surface area contributed by atoms with Gasteiger partial charge in [-0.3, -0.25) is 5.32 Å². The lowest BCUT2D eigenvalue weighted by atomic mass is 9.99. The Morgan fingerprint density at radius 3 is 2.37 bits per heavy atom. The number of ether oxygens (including phenoxy) is 1. The summed E-state index contributed by atoms with van der Waals surface area (Å²) < 4.78 is 5.22. The maximum atomic E-state index is 12.4. The summed E-state index contributed by atoms with van der Waals surface area (Å²) in [4.78, 5) is 26.3. The van der Waals surface area contributed by atoms with Gasteiger partial charge in [0.25, 0.3) is 0 Å². The molecule has 3 rings (SSSR count). The highest BCUT2D eigenvalue weighted by molar-refractivity contribution is 6.30. The first-order chi connectivity index (χ1) is 14.4. The molecule has 1 aliphatic heterocycles. The van der Waals surface area contributed by atoms with Crippen LogP contribution >= 0.6 is 11.6 Å². The summed E-state index contributed by atoms with van der Waals surface area (Å²) in [6.45, 7) is 5.95. The van der Waals surface area contributed by atoms with Crippen molar-refractivity contribution in [2.75, 3.05) is 18.4 Å². The minimum atomic E-state index is -0.529. The number of piperidine rings is 1. The van der Waals surface area contributed by atoms with Gasteiger partial charge in [0.1, 0.15) is 6.61 Å². The summed E-state index contributed by atoms with van der Waals surface area (Å²) in [5.41, 5.74) is 2.45. The first-order valence-corrected chi connectivity index (χ1v) is 10.6. The van der Waals surface area contributed by atoms with Gasteiger partial charge in [0.2, 0.25) is 0 Å². The van der Waals surface area contributed by atoms with E-state index >= 15 is 0 Å². The first kappa shape index (κ1) is 22.0. The number of urea groups is 1. The van der Waals surface area contributed by atoms with Crippen LogP contribution in [0.1, 0.15) is 43.9 Å². The van der Waals surface area contributed by atoms with Crippen LogP contribution in [0.3, 0.4) is 0 Å². The fourth-order valence-electron chi connectivity index (χ4n) is 3.31. The van der Waals surface area contributed by atoms with Gasteiger partial charge in [-0.1, -0.05) is 42.8 Å². The summed E-state index contributed by atoms with van der Waals surface area (Å²) in [5, 5.41) is 6.39. The van der Waals surface area contributed by atoms with E-state index in [2.05, 4.69) is 17.6 Å². The molecule has 6 nitrogen and oxygen atoms in total. The van der Waals surface area contributed by atoms with E-state index in [1.54, 1.807) is 24.3 Å². The molecule has 2 N–H and O–H groups in total. The van der Waals surface area contributed by atoms with Crippen molar-refractivity contribution < 1.29 is 14.3 Å². The maximum absolute atomic E-state index is 12.4. The second-order valence-corrected chi connectivity index (χ2v) is 8.23. The molecule has 1 fully saturated rings. The van der Waals surface area contributed by atoms with Gasteiger partial charge in [-0.15, -0.1) is 0 Å². The number of anilines is 1. The van der Waals surface area contributed by atoms with Crippen LogP contribution in [0.15, 0.2) is 48.5 Å². The number of likely N-dealkylation sites (tertiary alicyclic amines) is 1. The molecule has 1 heterocycles. The number of rotatable bonds is 5. The molecule has 3 amide bonds. The molecule has 160 valence electrons. The van der Waals surface area contributed by atoms with Crippen molar-refractivity contribution in [3.05, 3.63) is 64.7 Å². The number of halogens is 1. The molecule has 0 radical (unpaired) electrons. The zero-order chi connectivity index (χ0) is 21.5. The minimum Gasteiger partial charge on any atom is -0.444 e. The number of nitrogens with zero attached hydrogens (tertiary/aromatic N) is 1. The lowest BCUT2D eigenvalue weighted by molar-refractivity contribution is 0.155. The van der Waals surface area contributed by atoms with Crippen LogP contribution in [0, 0.1) is 5.92 Å². The Morgan fingerprint density at radius 1 is 1.10 bits per heavy atom. The van der Waals surface area contributed by atoms with Crippen molar-refractivity contribution in [3.63, 3.8) is 0 Å². The standard InChI is InChI=1S/C23H28ClN3O3/c1-16-11-13-27(14-12-16)22(28)25-17(2)19-5-9-21(10-6-19)26-23(29)30-15-18-3-7-20(24)8-4-18/h3-10,16-17H,11-15H2,1-2H3,(H,25,28)(H,26,29)/t17-/m0/s1. The Balaban J connectivity index is 1.46. The molecule has 0 aliphatic carbocycles. The van der Waals surface area contributed by atoms with Crippen LogP contribution in [-0.2, 0) is 11.3 Å². The predicted molar refractivity (Wildman–Crippen MR) is 119 cm³/mol. The minimum absolute atomic E-state index is 0.0256. The predicted octanol–water partition coefficient (Wildman–Crippen LogP) is 5.59. The van der Waals surface area contributed by atoms with Gasteiger partial charge in [0.05, 0.1) is 6.04 Å². The van der Waals surface area contributed by atoms with Gasteiger partial charge in [-0.05, 0) is 61.1 Å². The van der Waals surface area contributed by atoms with Crippen molar-refractivity contribution >= 4 is 29.4 Å². The molecule has 0 bridgehead atoms. The topological polar surface area (TPSA) is 70.7 Å². The normalized spacial score (nSPS) is 15.4. The summed E-state index contributed by atoms with van der Waals surface area (Å²) in [6.07, 6.45) is 1.57. The smallest absolute Gasteiger partial charge is 0.411 e. The molecule has 7 heteroatoms. The molecular weight excluding hydrogens is 402 g/mol. The van der Waals surface area contributed by atoms with Gasteiger partial charge >= 0.3 is 12.1 Å². The number of hydrogen-bond acceptors (Lipinski definition) is 3. The van der Waals surface area contributed by atoms with E-state index in [-0.39, 0.29) is 18.7 Å². The number of amides is 3. The SMILES string of the molecule is CC1CCN(C(=O)N[C@@H](C)c2ccc(NC(=O)OCc3ccc(Cl)cc3)cc2)CC1. The van der Waals surface area contributed by atoms with E-state index in [1.165, 1.54) is 0 Å².